The minimum Gasteiger partial charge on any atom is -0.337 e. The zero-order chi connectivity index (χ0) is 15.6. The molecule has 0 N–H and O–H groups in total. The summed E-state index contributed by atoms with van der Waals surface area (Å²) in [7, 11) is 1.44. The minimum atomic E-state index is -0.684. The van der Waals surface area contributed by atoms with Gasteiger partial charge >= 0.3 is 0 Å². The Morgan fingerprint density at radius 2 is 1.86 bits per heavy atom. The molecule has 0 fully saturated rings. The Morgan fingerprint density at radius 1 is 1.14 bits per heavy atom. The van der Waals surface area contributed by atoms with Crippen LogP contribution in [0.25, 0.3) is 0 Å². The van der Waals surface area contributed by atoms with Crippen LogP contribution in [0.1, 0.15) is 15.9 Å². The quantitative estimate of drug-likeness (QED) is 0.809. The van der Waals surface area contributed by atoms with Gasteiger partial charge < -0.3 is 4.90 Å². The number of hydrogen-bond donors (Lipinski definition) is 0. The smallest absolute Gasteiger partial charge is 0.256 e. The fraction of sp³-hybridized carbons (Fsp3) is 0.133. The van der Waals surface area contributed by atoms with E-state index in [-0.39, 0.29) is 27.7 Å². The number of benzene rings is 2. The van der Waals surface area contributed by atoms with Gasteiger partial charge in [0, 0.05) is 29.2 Å². The van der Waals surface area contributed by atoms with Crippen molar-refractivity contribution in [1.82, 2.24) is 4.90 Å². The van der Waals surface area contributed by atoms with Crippen LogP contribution in [0.5, 0.6) is 0 Å². The first-order valence-electron chi connectivity index (χ1n) is 6.03. The molecule has 2 aromatic carbocycles. The van der Waals surface area contributed by atoms with Crippen LogP contribution in [-0.4, -0.2) is 17.9 Å². The highest BCUT2D eigenvalue weighted by atomic mass is 35.5. The molecular weight excluding hydrogens is 319 g/mol. The van der Waals surface area contributed by atoms with E-state index in [1.165, 1.54) is 42.3 Å². The van der Waals surface area contributed by atoms with Crippen LogP contribution in [0, 0.1) is 11.6 Å². The Hall–Kier alpha value is -1.65. The van der Waals surface area contributed by atoms with Crippen molar-refractivity contribution in [3.05, 3.63) is 69.2 Å². The maximum Gasteiger partial charge on any atom is 0.256 e. The number of nitrogens with zero attached hydrogens (tertiary/aromatic N) is 1. The van der Waals surface area contributed by atoms with Crippen molar-refractivity contribution in [3.63, 3.8) is 0 Å². The molecule has 2 nitrogen and oxygen atoms in total. The molecule has 0 spiro atoms. The highest BCUT2D eigenvalue weighted by Gasteiger charge is 2.19. The summed E-state index contributed by atoms with van der Waals surface area (Å²) in [6.45, 7) is -0.0731. The molecule has 2 rings (SSSR count). The molecule has 0 radical (unpaired) electrons. The average Bonchev–Trinajstić information content (AvgIpc) is 2.44. The Morgan fingerprint density at radius 3 is 2.52 bits per heavy atom. The lowest BCUT2D eigenvalue weighted by molar-refractivity contribution is 0.0779. The number of halogens is 4. The third-order valence-electron chi connectivity index (χ3n) is 2.96. The first-order valence-corrected chi connectivity index (χ1v) is 6.79. The molecule has 0 aliphatic rings. The molecule has 0 aromatic heterocycles. The van der Waals surface area contributed by atoms with Gasteiger partial charge in [-0.2, -0.15) is 0 Å². The molecule has 0 saturated heterocycles. The minimum absolute atomic E-state index is 0.0731. The second-order valence-corrected chi connectivity index (χ2v) is 5.33. The molecule has 21 heavy (non-hydrogen) atoms. The molecule has 1 amide bonds. The van der Waals surface area contributed by atoms with Gasteiger partial charge in [-0.25, -0.2) is 8.78 Å². The van der Waals surface area contributed by atoms with E-state index in [9.17, 15) is 13.6 Å². The Labute approximate surface area is 130 Å². The molecular formula is C15H11Cl2F2NO. The summed E-state index contributed by atoms with van der Waals surface area (Å²) in [6.07, 6.45) is 0. The van der Waals surface area contributed by atoms with E-state index in [2.05, 4.69) is 0 Å². The van der Waals surface area contributed by atoms with Gasteiger partial charge in [-0.1, -0.05) is 29.3 Å². The highest BCUT2D eigenvalue weighted by molar-refractivity contribution is 6.31. The van der Waals surface area contributed by atoms with Crippen molar-refractivity contribution >= 4 is 29.1 Å². The van der Waals surface area contributed by atoms with E-state index in [1.807, 2.05) is 0 Å². The van der Waals surface area contributed by atoms with Gasteiger partial charge in [0.25, 0.3) is 5.91 Å². The van der Waals surface area contributed by atoms with E-state index >= 15 is 0 Å². The summed E-state index contributed by atoms with van der Waals surface area (Å²) in [5.74, 6) is -1.81. The van der Waals surface area contributed by atoms with Gasteiger partial charge in [0.1, 0.15) is 11.6 Å². The van der Waals surface area contributed by atoms with E-state index in [4.69, 9.17) is 23.2 Å². The second kappa shape index (κ2) is 6.41. The lowest BCUT2D eigenvalue weighted by atomic mass is 10.1. The molecule has 6 heteroatoms. The van der Waals surface area contributed by atoms with Gasteiger partial charge in [-0.05, 0) is 30.3 Å². The largest absolute Gasteiger partial charge is 0.337 e. The molecule has 0 aliphatic carbocycles. The van der Waals surface area contributed by atoms with Crippen molar-refractivity contribution < 1.29 is 13.6 Å². The van der Waals surface area contributed by atoms with Crippen molar-refractivity contribution in [2.45, 2.75) is 6.54 Å². The normalized spacial score (nSPS) is 10.5. The summed E-state index contributed by atoms with van der Waals surface area (Å²) in [5.41, 5.74) is 0.00918. The summed E-state index contributed by atoms with van der Waals surface area (Å²) in [4.78, 5) is 13.4. The van der Waals surface area contributed by atoms with E-state index < -0.39 is 17.5 Å². The maximum atomic E-state index is 13.7. The lowest BCUT2D eigenvalue weighted by Crippen LogP contribution is -2.27. The van der Waals surface area contributed by atoms with Crippen LogP contribution >= 0.6 is 23.2 Å². The third-order valence-corrected chi connectivity index (χ3v) is 3.55. The maximum absolute atomic E-state index is 13.7. The number of rotatable bonds is 3. The van der Waals surface area contributed by atoms with Crippen molar-refractivity contribution in [2.24, 2.45) is 0 Å². The van der Waals surface area contributed by atoms with Gasteiger partial charge in [0.05, 0.1) is 5.56 Å². The van der Waals surface area contributed by atoms with Crippen molar-refractivity contribution in [2.75, 3.05) is 7.05 Å². The predicted octanol–water partition coefficient (Wildman–Crippen LogP) is 4.54. The van der Waals surface area contributed by atoms with Crippen LogP contribution in [0.2, 0.25) is 10.0 Å². The van der Waals surface area contributed by atoms with Crippen molar-refractivity contribution in [3.8, 4) is 0 Å². The Kier molecular flexibility index (Phi) is 4.80. The number of hydrogen-bond acceptors (Lipinski definition) is 1. The summed E-state index contributed by atoms with van der Waals surface area (Å²) >= 11 is 11.7. The molecule has 110 valence electrons. The standard InChI is InChI=1S/C15H11Cl2F2NO/c1-20(8-11-12(17)3-2-4-13(11)18)15(21)10-7-9(16)5-6-14(10)19/h2-7H,8H2,1H3. The summed E-state index contributed by atoms with van der Waals surface area (Å²) in [5, 5.41) is 0.457. The number of carbonyl (C=O) groups is 1. The topological polar surface area (TPSA) is 20.3 Å². The molecule has 2 aromatic rings. The number of amides is 1. The van der Waals surface area contributed by atoms with Gasteiger partial charge in [-0.3, -0.25) is 4.79 Å². The van der Waals surface area contributed by atoms with E-state index in [0.717, 1.165) is 6.07 Å². The third kappa shape index (κ3) is 3.52. The van der Waals surface area contributed by atoms with Crippen LogP contribution in [0.3, 0.4) is 0 Å². The van der Waals surface area contributed by atoms with Gasteiger partial charge in [-0.15, -0.1) is 0 Å². The monoisotopic (exact) mass is 329 g/mol. The van der Waals surface area contributed by atoms with E-state index in [1.54, 1.807) is 0 Å². The van der Waals surface area contributed by atoms with Crippen LogP contribution in [0.15, 0.2) is 36.4 Å². The molecule has 0 bridgehead atoms. The molecule has 0 atom stereocenters. The first-order chi connectivity index (χ1) is 9.90. The predicted molar refractivity (Wildman–Crippen MR) is 78.6 cm³/mol. The van der Waals surface area contributed by atoms with E-state index in [0.29, 0.717) is 0 Å². The molecule has 0 aliphatic heterocycles. The van der Waals surface area contributed by atoms with Crippen LogP contribution in [-0.2, 0) is 6.54 Å². The van der Waals surface area contributed by atoms with Gasteiger partial charge in [0.2, 0.25) is 0 Å². The lowest BCUT2D eigenvalue weighted by Gasteiger charge is -2.19. The zero-order valence-electron chi connectivity index (χ0n) is 11.0. The zero-order valence-corrected chi connectivity index (χ0v) is 12.6. The fourth-order valence-corrected chi connectivity index (χ4v) is 2.25. The van der Waals surface area contributed by atoms with Gasteiger partial charge in [0.15, 0.2) is 0 Å². The second-order valence-electron chi connectivity index (χ2n) is 4.49. The van der Waals surface area contributed by atoms with Crippen LogP contribution < -0.4 is 0 Å². The summed E-state index contributed by atoms with van der Waals surface area (Å²) < 4.78 is 27.4. The molecule has 0 saturated carbocycles. The summed E-state index contributed by atoms with van der Waals surface area (Å²) in [6, 6.07) is 7.94. The molecule has 0 heterocycles. The van der Waals surface area contributed by atoms with Crippen LogP contribution in [0.4, 0.5) is 8.78 Å². The molecule has 0 unspecified atom stereocenters. The Balaban J connectivity index is 2.26. The average molecular weight is 330 g/mol. The first kappa shape index (κ1) is 15.7. The number of carbonyl (C=O) groups excluding carboxylic acids is 1. The van der Waals surface area contributed by atoms with Crippen molar-refractivity contribution in [1.29, 1.82) is 0 Å². The Bertz CT molecular complexity index is 671. The fourth-order valence-electron chi connectivity index (χ4n) is 1.86. The highest BCUT2D eigenvalue weighted by Crippen LogP contribution is 2.22. The SMILES string of the molecule is CN(Cc1c(F)cccc1Cl)C(=O)c1cc(Cl)ccc1F.